The van der Waals surface area contributed by atoms with Crippen LogP contribution < -0.4 is 5.32 Å². The van der Waals surface area contributed by atoms with Crippen molar-refractivity contribution in [1.29, 1.82) is 5.26 Å². The highest BCUT2D eigenvalue weighted by atomic mass is 35.5. The van der Waals surface area contributed by atoms with Gasteiger partial charge in [-0.2, -0.15) is 9.64 Å². The fourth-order valence-electron chi connectivity index (χ4n) is 0.719. The van der Waals surface area contributed by atoms with E-state index in [0.717, 1.165) is 5.57 Å². The number of aromatic nitrogens is 1. The minimum Gasteiger partial charge on any atom is -0.371 e. The molecule has 3 nitrogen and oxygen atoms in total. The Labute approximate surface area is 85.8 Å². The van der Waals surface area contributed by atoms with Crippen LogP contribution in [0.4, 0.5) is 5.00 Å². The lowest BCUT2D eigenvalue weighted by Gasteiger charge is -2.01. The predicted octanol–water partition coefficient (Wildman–Crippen LogP) is 2.66. The third-order valence-electron chi connectivity index (χ3n) is 1.31. The quantitative estimate of drug-likeness (QED) is 0.786. The molecule has 0 aliphatic heterocycles. The molecular weight excluding hydrogens is 206 g/mol. The molecule has 1 heterocycles. The number of rotatable bonds is 3. The summed E-state index contributed by atoms with van der Waals surface area (Å²) in [6.45, 7) is 6.27. The second-order valence-corrected chi connectivity index (χ2v) is 3.73. The lowest BCUT2D eigenvalue weighted by atomic mass is 10.3. The van der Waals surface area contributed by atoms with E-state index >= 15 is 0 Å². The van der Waals surface area contributed by atoms with Crippen LogP contribution in [-0.4, -0.2) is 10.9 Å². The third kappa shape index (κ3) is 2.44. The zero-order valence-corrected chi connectivity index (χ0v) is 8.67. The van der Waals surface area contributed by atoms with Gasteiger partial charge in [0.1, 0.15) is 16.6 Å². The third-order valence-corrected chi connectivity index (χ3v) is 2.49. The molecule has 68 valence electrons. The molecule has 13 heavy (non-hydrogen) atoms. The Balaban J connectivity index is 2.78. The molecule has 0 unspecified atom stereocenters. The maximum Gasteiger partial charge on any atom is 0.162 e. The minimum atomic E-state index is 0.261. The molecule has 0 saturated carbocycles. The van der Waals surface area contributed by atoms with Crippen LogP contribution in [0.2, 0.25) is 5.15 Å². The number of nitrogens with zero attached hydrogens (tertiary/aromatic N) is 2. The summed E-state index contributed by atoms with van der Waals surface area (Å²) in [6.07, 6.45) is 0. The first-order valence-electron chi connectivity index (χ1n) is 3.58. The lowest BCUT2D eigenvalue weighted by molar-refractivity contribution is 1.23. The zero-order chi connectivity index (χ0) is 9.84. The second kappa shape index (κ2) is 4.26. The molecule has 1 rings (SSSR count). The van der Waals surface area contributed by atoms with Crippen LogP contribution in [0.25, 0.3) is 0 Å². The number of anilines is 1. The van der Waals surface area contributed by atoms with E-state index in [1.165, 1.54) is 11.5 Å². The number of halogens is 1. The number of hydrogen-bond acceptors (Lipinski definition) is 4. The monoisotopic (exact) mass is 213 g/mol. The summed E-state index contributed by atoms with van der Waals surface area (Å²) >= 11 is 6.86. The number of hydrogen-bond donors (Lipinski definition) is 1. The summed E-state index contributed by atoms with van der Waals surface area (Å²) in [5, 5.41) is 12.7. The van der Waals surface area contributed by atoms with Crippen LogP contribution in [-0.2, 0) is 0 Å². The molecular formula is C8H8ClN3S. The van der Waals surface area contributed by atoms with Crippen molar-refractivity contribution in [2.45, 2.75) is 6.92 Å². The Morgan fingerprint density at radius 2 is 2.54 bits per heavy atom. The van der Waals surface area contributed by atoms with Crippen molar-refractivity contribution in [2.24, 2.45) is 0 Å². The Bertz CT molecular complexity index is 364. The van der Waals surface area contributed by atoms with Crippen molar-refractivity contribution in [3.63, 3.8) is 0 Å². The van der Waals surface area contributed by atoms with Crippen molar-refractivity contribution < 1.29 is 0 Å². The molecule has 1 aromatic heterocycles. The predicted molar refractivity (Wildman–Crippen MR) is 55.1 cm³/mol. The van der Waals surface area contributed by atoms with Crippen molar-refractivity contribution in [3.8, 4) is 6.07 Å². The molecule has 0 spiro atoms. The summed E-state index contributed by atoms with van der Waals surface area (Å²) in [6, 6.07) is 1.99. The number of nitriles is 1. The van der Waals surface area contributed by atoms with E-state index in [1.807, 2.05) is 13.0 Å². The average molecular weight is 214 g/mol. The molecule has 1 N–H and O–H groups in total. The molecule has 1 aromatic rings. The van der Waals surface area contributed by atoms with Gasteiger partial charge >= 0.3 is 0 Å². The van der Waals surface area contributed by atoms with Crippen LogP contribution in [0.1, 0.15) is 12.5 Å². The van der Waals surface area contributed by atoms with E-state index in [4.69, 9.17) is 16.9 Å². The zero-order valence-electron chi connectivity index (χ0n) is 7.09. The first-order valence-corrected chi connectivity index (χ1v) is 4.73. The molecule has 0 amide bonds. The Hall–Kier alpha value is -1.05. The van der Waals surface area contributed by atoms with Gasteiger partial charge in [0.25, 0.3) is 0 Å². The summed E-state index contributed by atoms with van der Waals surface area (Å²) in [5.41, 5.74) is 1.40. The van der Waals surface area contributed by atoms with Crippen LogP contribution >= 0.6 is 23.1 Å². The topological polar surface area (TPSA) is 48.7 Å². The maximum absolute atomic E-state index is 8.72. The molecule has 0 aliphatic rings. The van der Waals surface area contributed by atoms with E-state index in [-0.39, 0.29) is 5.15 Å². The first kappa shape index (κ1) is 10.0. The minimum absolute atomic E-state index is 0.261. The average Bonchev–Trinajstić information content (AvgIpc) is 2.42. The van der Waals surface area contributed by atoms with Gasteiger partial charge in [-0.25, -0.2) is 0 Å². The molecule has 0 aromatic carbocycles. The SMILES string of the molecule is C=C(C)CNc1snc(Cl)c1C#N. The lowest BCUT2D eigenvalue weighted by Crippen LogP contribution is -2.01. The highest BCUT2D eigenvalue weighted by molar-refractivity contribution is 7.10. The highest BCUT2D eigenvalue weighted by Crippen LogP contribution is 2.27. The largest absolute Gasteiger partial charge is 0.371 e. The van der Waals surface area contributed by atoms with E-state index in [2.05, 4.69) is 16.3 Å². The summed E-state index contributed by atoms with van der Waals surface area (Å²) < 4.78 is 3.86. The van der Waals surface area contributed by atoms with Gasteiger partial charge in [-0.15, -0.1) is 0 Å². The van der Waals surface area contributed by atoms with Crippen molar-refractivity contribution in [1.82, 2.24) is 4.37 Å². The first-order chi connectivity index (χ1) is 6.15. The molecule has 0 radical (unpaired) electrons. The van der Waals surface area contributed by atoms with Gasteiger partial charge in [0.15, 0.2) is 5.15 Å². The van der Waals surface area contributed by atoms with E-state index in [1.54, 1.807) is 0 Å². The maximum atomic E-state index is 8.72. The smallest absolute Gasteiger partial charge is 0.162 e. The molecule has 0 atom stereocenters. The fourth-order valence-corrected chi connectivity index (χ4v) is 1.65. The molecule has 5 heteroatoms. The van der Waals surface area contributed by atoms with Crippen LogP contribution in [0.15, 0.2) is 12.2 Å². The normalized spacial score (nSPS) is 9.31. The molecule has 0 fully saturated rings. The van der Waals surface area contributed by atoms with E-state index < -0.39 is 0 Å². The van der Waals surface area contributed by atoms with Crippen molar-refractivity contribution >= 4 is 28.1 Å². The highest BCUT2D eigenvalue weighted by Gasteiger charge is 2.10. The van der Waals surface area contributed by atoms with Crippen molar-refractivity contribution in [2.75, 3.05) is 11.9 Å². The van der Waals surface area contributed by atoms with Crippen LogP contribution in [0, 0.1) is 11.3 Å². The van der Waals surface area contributed by atoms with Gasteiger partial charge in [0.2, 0.25) is 0 Å². The summed E-state index contributed by atoms with van der Waals surface area (Å²) in [4.78, 5) is 0. The van der Waals surface area contributed by atoms with Gasteiger partial charge < -0.3 is 5.32 Å². The van der Waals surface area contributed by atoms with Gasteiger partial charge in [-0.1, -0.05) is 23.8 Å². The molecule has 0 bridgehead atoms. The molecule has 0 saturated heterocycles. The standard InChI is InChI=1S/C8H8ClN3S/c1-5(2)4-11-8-6(3-10)7(9)12-13-8/h11H,1,4H2,2H3. The summed E-state index contributed by atoms with van der Waals surface area (Å²) in [7, 11) is 0. The van der Waals surface area contributed by atoms with E-state index in [9.17, 15) is 0 Å². The van der Waals surface area contributed by atoms with Crippen LogP contribution in [0.3, 0.4) is 0 Å². The second-order valence-electron chi connectivity index (χ2n) is 2.60. The van der Waals surface area contributed by atoms with Gasteiger partial charge in [-0.3, -0.25) is 0 Å². The Morgan fingerprint density at radius 3 is 3.08 bits per heavy atom. The molecule has 0 aliphatic carbocycles. The summed E-state index contributed by atoms with van der Waals surface area (Å²) in [5.74, 6) is 0. The Morgan fingerprint density at radius 1 is 1.85 bits per heavy atom. The van der Waals surface area contributed by atoms with Gasteiger partial charge in [0, 0.05) is 6.54 Å². The van der Waals surface area contributed by atoms with Crippen molar-refractivity contribution in [3.05, 3.63) is 22.9 Å². The Kier molecular flexibility index (Phi) is 3.29. The van der Waals surface area contributed by atoms with Gasteiger partial charge in [-0.05, 0) is 18.5 Å². The van der Waals surface area contributed by atoms with Gasteiger partial charge in [0.05, 0.1) is 0 Å². The number of nitrogens with one attached hydrogen (secondary N) is 1. The fraction of sp³-hybridized carbons (Fsp3) is 0.250. The van der Waals surface area contributed by atoms with Crippen LogP contribution in [0.5, 0.6) is 0 Å². The van der Waals surface area contributed by atoms with E-state index in [0.29, 0.717) is 17.1 Å².